The second kappa shape index (κ2) is 9.93. The van der Waals surface area contributed by atoms with Gasteiger partial charge < -0.3 is 9.67 Å². The van der Waals surface area contributed by atoms with E-state index in [1.54, 1.807) is 18.2 Å². The molecule has 0 saturated carbocycles. The highest BCUT2D eigenvalue weighted by Crippen LogP contribution is 2.25. The Morgan fingerprint density at radius 2 is 1.72 bits per heavy atom. The average molecular weight is 445 g/mol. The molecule has 0 aliphatic rings. The lowest BCUT2D eigenvalue weighted by molar-refractivity contribution is -0.118. The Labute approximate surface area is 188 Å². The highest BCUT2D eigenvalue weighted by molar-refractivity contribution is 7.99. The lowest BCUT2D eigenvalue weighted by atomic mass is 10.1. The Morgan fingerprint density at radius 3 is 2.53 bits per heavy atom. The minimum absolute atomic E-state index is 0.120. The maximum Gasteiger partial charge on any atom is 0.336 e. The van der Waals surface area contributed by atoms with E-state index in [2.05, 4.69) is 32.2 Å². The van der Waals surface area contributed by atoms with Crippen molar-refractivity contribution in [1.29, 1.82) is 0 Å². The predicted molar refractivity (Wildman–Crippen MR) is 125 cm³/mol. The first kappa shape index (κ1) is 21.3. The normalized spacial score (nSPS) is 11.1. The molecule has 0 unspecified atom stereocenters. The Balaban J connectivity index is 1.44. The number of carboxylic acid groups (broad SMARTS) is 1. The number of aromatic nitrogens is 2. The molecule has 0 aliphatic heterocycles. The van der Waals surface area contributed by atoms with Gasteiger partial charge >= 0.3 is 5.97 Å². The van der Waals surface area contributed by atoms with Crippen LogP contribution in [0.25, 0.3) is 11.0 Å². The van der Waals surface area contributed by atoms with Gasteiger partial charge in [0.2, 0.25) is 0 Å². The van der Waals surface area contributed by atoms with E-state index >= 15 is 0 Å². The number of para-hydroxylation sites is 2. The zero-order valence-corrected chi connectivity index (χ0v) is 17.8. The molecule has 0 aliphatic carbocycles. The number of aromatic carboxylic acids is 1. The fraction of sp³-hybridized carbons (Fsp3) is 0.0833. The molecule has 0 bridgehead atoms. The van der Waals surface area contributed by atoms with Crippen LogP contribution in [0.15, 0.2) is 89.1 Å². The van der Waals surface area contributed by atoms with Gasteiger partial charge in [-0.1, -0.05) is 72.4 Å². The Kier molecular flexibility index (Phi) is 6.62. The van der Waals surface area contributed by atoms with E-state index in [4.69, 9.17) is 0 Å². The van der Waals surface area contributed by atoms with Crippen molar-refractivity contribution in [1.82, 2.24) is 15.0 Å². The molecule has 0 fully saturated rings. The Hall–Kier alpha value is -3.91. The summed E-state index contributed by atoms with van der Waals surface area (Å²) in [6, 6.07) is 24.4. The zero-order valence-electron chi connectivity index (χ0n) is 17.0. The van der Waals surface area contributed by atoms with E-state index in [0.29, 0.717) is 12.1 Å². The summed E-state index contributed by atoms with van der Waals surface area (Å²) in [7, 11) is 0. The number of hydrogen-bond donors (Lipinski definition) is 2. The summed E-state index contributed by atoms with van der Waals surface area (Å²) in [5.74, 6) is -1.24. The molecule has 0 radical (unpaired) electrons. The number of imidazole rings is 1. The van der Waals surface area contributed by atoms with Gasteiger partial charge in [-0.3, -0.25) is 4.79 Å². The number of carbonyl (C=O) groups excluding carboxylic acids is 1. The number of fused-ring (bicyclic) bond motifs is 1. The maximum absolute atomic E-state index is 12.3. The number of hydrazone groups is 1. The van der Waals surface area contributed by atoms with Gasteiger partial charge in [0.25, 0.3) is 5.91 Å². The second-order valence-corrected chi connectivity index (χ2v) is 7.87. The van der Waals surface area contributed by atoms with Crippen LogP contribution in [0.5, 0.6) is 0 Å². The van der Waals surface area contributed by atoms with Crippen LogP contribution in [-0.4, -0.2) is 38.5 Å². The topological polar surface area (TPSA) is 96.6 Å². The van der Waals surface area contributed by atoms with E-state index in [1.165, 1.54) is 24.0 Å². The summed E-state index contributed by atoms with van der Waals surface area (Å²) in [5.41, 5.74) is 6.00. The van der Waals surface area contributed by atoms with Crippen molar-refractivity contribution in [3.63, 3.8) is 0 Å². The van der Waals surface area contributed by atoms with Crippen molar-refractivity contribution in [2.75, 3.05) is 5.75 Å². The standard InChI is InChI=1S/C24H20N4O3S/c29-22(27-25-14-18-10-4-5-11-19(18)23(30)31)16-32-24-26-20-12-6-7-13-21(20)28(24)15-17-8-2-1-3-9-17/h1-14H,15-16H2,(H,27,29)(H,30,31)/b25-14-. The van der Waals surface area contributed by atoms with Crippen molar-refractivity contribution < 1.29 is 14.7 Å². The summed E-state index contributed by atoms with van der Waals surface area (Å²) >= 11 is 1.33. The number of thioether (sulfide) groups is 1. The number of nitrogens with one attached hydrogen (secondary N) is 1. The van der Waals surface area contributed by atoms with Crippen LogP contribution in [0.4, 0.5) is 0 Å². The molecule has 2 N–H and O–H groups in total. The van der Waals surface area contributed by atoms with Crippen molar-refractivity contribution in [3.8, 4) is 0 Å². The van der Waals surface area contributed by atoms with E-state index in [1.807, 2.05) is 42.5 Å². The molecule has 0 atom stereocenters. The molecule has 8 heteroatoms. The summed E-state index contributed by atoms with van der Waals surface area (Å²) in [4.78, 5) is 28.2. The Bertz CT molecular complexity index is 1280. The van der Waals surface area contributed by atoms with Crippen LogP contribution in [0, 0.1) is 0 Å². The van der Waals surface area contributed by atoms with Gasteiger partial charge in [-0.05, 0) is 23.8 Å². The molecule has 4 rings (SSSR count). The van der Waals surface area contributed by atoms with Crippen LogP contribution < -0.4 is 5.43 Å². The predicted octanol–water partition coefficient (Wildman–Crippen LogP) is 4.03. The highest BCUT2D eigenvalue weighted by Gasteiger charge is 2.13. The molecular weight excluding hydrogens is 424 g/mol. The van der Waals surface area contributed by atoms with Crippen LogP contribution in [-0.2, 0) is 11.3 Å². The first-order valence-electron chi connectivity index (χ1n) is 9.88. The minimum atomic E-state index is -1.05. The number of rotatable bonds is 8. The van der Waals surface area contributed by atoms with Crippen molar-refractivity contribution >= 4 is 40.9 Å². The van der Waals surface area contributed by atoms with Gasteiger partial charge in [0.1, 0.15) is 0 Å². The van der Waals surface area contributed by atoms with E-state index in [9.17, 15) is 14.7 Å². The zero-order chi connectivity index (χ0) is 22.3. The molecular formula is C24H20N4O3S. The third kappa shape index (κ3) is 5.04. The van der Waals surface area contributed by atoms with Crippen molar-refractivity contribution in [3.05, 3.63) is 95.6 Å². The van der Waals surface area contributed by atoms with Crippen molar-refractivity contribution in [2.24, 2.45) is 5.10 Å². The summed E-state index contributed by atoms with van der Waals surface area (Å²) < 4.78 is 2.09. The van der Waals surface area contributed by atoms with Gasteiger partial charge in [-0.2, -0.15) is 5.10 Å². The molecule has 7 nitrogen and oxygen atoms in total. The van der Waals surface area contributed by atoms with Crippen molar-refractivity contribution in [2.45, 2.75) is 11.7 Å². The quantitative estimate of drug-likeness (QED) is 0.243. The van der Waals surface area contributed by atoms with Gasteiger partial charge in [0, 0.05) is 5.56 Å². The van der Waals surface area contributed by atoms with Crippen LogP contribution in [0.2, 0.25) is 0 Å². The largest absolute Gasteiger partial charge is 0.478 e. The molecule has 0 spiro atoms. The SMILES string of the molecule is O=C(CSc1nc2ccccc2n1Cc1ccccc1)N/N=C\c1ccccc1C(=O)O. The summed E-state index contributed by atoms with van der Waals surface area (Å²) in [6.07, 6.45) is 1.33. The van der Waals surface area contributed by atoms with Gasteiger partial charge in [-0.15, -0.1) is 0 Å². The number of benzene rings is 3. The monoisotopic (exact) mass is 444 g/mol. The molecule has 0 saturated heterocycles. The lowest BCUT2D eigenvalue weighted by Gasteiger charge is -2.09. The van der Waals surface area contributed by atoms with Gasteiger partial charge in [0.15, 0.2) is 5.16 Å². The van der Waals surface area contributed by atoms with Gasteiger partial charge in [-0.25, -0.2) is 15.2 Å². The molecule has 160 valence electrons. The first-order chi connectivity index (χ1) is 15.6. The summed E-state index contributed by atoms with van der Waals surface area (Å²) in [6.45, 7) is 0.648. The highest BCUT2D eigenvalue weighted by atomic mass is 32.2. The maximum atomic E-state index is 12.3. The van der Waals surface area contributed by atoms with Gasteiger partial charge in [0.05, 0.1) is 35.1 Å². The fourth-order valence-electron chi connectivity index (χ4n) is 3.22. The lowest BCUT2D eigenvalue weighted by Crippen LogP contribution is -2.20. The Morgan fingerprint density at radius 1 is 1.00 bits per heavy atom. The van der Waals surface area contributed by atoms with E-state index in [-0.39, 0.29) is 17.2 Å². The molecule has 32 heavy (non-hydrogen) atoms. The number of carbonyl (C=O) groups is 2. The number of nitrogens with zero attached hydrogens (tertiary/aromatic N) is 3. The first-order valence-corrected chi connectivity index (χ1v) is 10.9. The van der Waals surface area contributed by atoms with Crippen LogP contribution in [0.3, 0.4) is 0 Å². The second-order valence-electron chi connectivity index (χ2n) is 6.93. The molecule has 4 aromatic rings. The fourth-order valence-corrected chi connectivity index (χ4v) is 4.03. The minimum Gasteiger partial charge on any atom is -0.478 e. The number of carboxylic acids is 1. The van der Waals surface area contributed by atoms with Crippen LogP contribution in [0.1, 0.15) is 21.5 Å². The van der Waals surface area contributed by atoms with E-state index < -0.39 is 5.97 Å². The van der Waals surface area contributed by atoms with Crippen LogP contribution >= 0.6 is 11.8 Å². The average Bonchev–Trinajstić information content (AvgIpc) is 3.16. The molecule has 1 aromatic heterocycles. The number of amides is 1. The van der Waals surface area contributed by atoms with E-state index in [0.717, 1.165) is 21.8 Å². The third-order valence-corrected chi connectivity index (χ3v) is 5.70. The molecule has 1 heterocycles. The third-order valence-electron chi connectivity index (χ3n) is 4.72. The molecule has 1 amide bonds. The smallest absolute Gasteiger partial charge is 0.336 e. The summed E-state index contributed by atoms with van der Waals surface area (Å²) in [5, 5.41) is 13.9. The number of hydrogen-bond acceptors (Lipinski definition) is 5. The molecule has 3 aromatic carbocycles.